The van der Waals surface area contributed by atoms with E-state index in [1.165, 1.54) is 5.56 Å². The zero-order valence-corrected chi connectivity index (χ0v) is 11.4. The van der Waals surface area contributed by atoms with E-state index in [2.05, 4.69) is 17.5 Å². The van der Waals surface area contributed by atoms with Gasteiger partial charge in [-0.15, -0.1) is 0 Å². The Hall–Kier alpha value is -2.20. The van der Waals surface area contributed by atoms with Crippen molar-refractivity contribution in [3.8, 4) is 0 Å². The lowest BCUT2D eigenvalue weighted by atomic mass is 10.1. The third-order valence-corrected chi connectivity index (χ3v) is 2.89. The van der Waals surface area contributed by atoms with Crippen LogP contribution in [0.5, 0.6) is 0 Å². The van der Waals surface area contributed by atoms with Gasteiger partial charge in [0.1, 0.15) is 4.99 Å². The van der Waals surface area contributed by atoms with Crippen molar-refractivity contribution in [1.29, 1.82) is 0 Å². The molecule has 0 bridgehead atoms. The molecule has 0 atom stereocenters. The van der Waals surface area contributed by atoms with Gasteiger partial charge in [0.05, 0.1) is 11.9 Å². The summed E-state index contributed by atoms with van der Waals surface area (Å²) in [5, 5.41) is 4.18. The number of benzene rings is 2. The standard InChI is InChI=1S/C15H15N3S/c1-11-2-8-14(9-3-11)18-17-10-12-4-6-13(7-5-12)15(16)19/h2-10,18H,1H3,(H2,16,19)/b17-10+. The summed E-state index contributed by atoms with van der Waals surface area (Å²) in [4.78, 5) is 0.404. The van der Waals surface area contributed by atoms with Crippen molar-refractivity contribution in [2.45, 2.75) is 6.92 Å². The van der Waals surface area contributed by atoms with Gasteiger partial charge in [0.15, 0.2) is 0 Å². The molecule has 0 radical (unpaired) electrons. The molecule has 3 N–H and O–H groups in total. The van der Waals surface area contributed by atoms with Crippen LogP contribution in [0.1, 0.15) is 16.7 Å². The first-order valence-corrected chi connectivity index (χ1v) is 6.31. The van der Waals surface area contributed by atoms with E-state index in [0.717, 1.165) is 16.8 Å². The molecule has 0 fully saturated rings. The first-order chi connectivity index (χ1) is 9.15. The van der Waals surface area contributed by atoms with Crippen molar-refractivity contribution in [1.82, 2.24) is 0 Å². The van der Waals surface area contributed by atoms with Crippen LogP contribution in [0.25, 0.3) is 0 Å². The van der Waals surface area contributed by atoms with Gasteiger partial charge in [-0.25, -0.2) is 0 Å². The second-order valence-corrected chi connectivity index (χ2v) is 4.66. The summed E-state index contributed by atoms with van der Waals surface area (Å²) in [6.45, 7) is 2.05. The quantitative estimate of drug-likeness (QED) is 0.509. The number of hydrogen-bond donors (Lipinski definition) is 2. The van der Waals surface area contributed by atoms with Gasteiger partial charge in [-0.1, -0.05) is 54.2 Å². The molecule has 0 saturated heterocycles. The lowest BCUT2D eigenvalue weighted by molar-refractivity contribution is 1.34. The molecule has 96 valence electrons. The van der Waals surface area contributed by atoms with Crippen LogP contribution in [0.2, 0.25) is 0 Å². The second kappa shape index (κ2) is 6.11. The van der Waals surface area contributed by atoms with Crippen molar-refractivity contribution in [2.24, 2.45) is 10.8 Å². The summed E-state index contributed by atoms with van der Waals surface area (Å²) in [6, 6.07) is 15.7. The highest BCUT2D eigenvalue weighted by Crippen LogP contribution is 2.08. The molecule has 0 saturated carbocycles. The van der Waals surface area contributed by atoms with E-state index in [4.69, 9.17) is 18.0 Å². The van der Waals surface area contributed by atoms with E-state index >= 15 is 0 Å². The highest BCUT2D eigenvalue weighted by Gasteiger charge is 1.94. The van der Waals surface area contributed by atoms with Crippen LogP contribution in [0.15, 0.2) is 53.6 Å². The van der Waals surface area contributed by atoms with Crippen molar-refractivity contribution in [3.63, 3.8) is 0 Å². The molecule has 0 aromatic heterocycles. The van der Waals surface area contributed by atoms with Crippen LogP contribution in [0, 0.1) is 6.92 Å². The number of rotatable bonds is 4. The van der Waals surface area contributed by atoms with E-state index < -0.39 is 0 Å². The van der Waals surface area contributed by atoms with Gasteiger partial charge in [0, 0.05) is 5.56 Å². The zero-order chi connectivity index (χ0) is 13.7. The summed E-state index contributed by atoms with van der Waals surface area (Å²) >= 11 is 4.90. The Morgan fingerprint density at radius 3 is 2.32 bits per heavy atom. The molecule has 4 heteroatoms. The van der Waals surface area contributed by atoms with Crippen LogP contribution < -0.4 is 11.2 Å². The monoisotopic (exact) mass is 269 g/mol. The first-order valence-electron chi connectivity index (χ1n) is 5.91. The summed E-state index contributed by atoms with van der Waals surface area (Å²) in [5.74, 6) is 0. The second-order valence-electron chi connectivity index (χ2n) is 4.22. The number of nitrogens with two attached hydrogens (primary N) is 1. The van der Waals surface area contributed by atoms with Crippen molar-refractivity contribution >= 4 is 29.1 Å². The number of nitrogens with zero attached hydrogens (tertiary/aromatic N) is 1. The first kappa shape index (κ1) is 13.2. The number of nitrogens with one attached hydrogen (secondary N) is 1. The minimum Gasteiger partial charge on any atom is -0.389 e. The van der Waals surface area contributed by atoms with Gasteiger partial charge < -0.3 is 5.73 Å². The lowest BCUT2D eigenvalue weighted by Gasteiger charge is -2.01. The minimum atomic E-state index is 0.404. The zero-order valence-electron chi connectivity index (χ0n) is 10.6. The topological polar surface area (TPSA) is 50.4 Å². The summed E-state index contributed by atoms with van der Waals surface area (Å²) in [7, 11) is 0. The predicted molar refractivity (Wildman–Crippen MR) is 84.7 cm³/mol. The van der Waals surface area contributed by atoms with Crippen LogP contribution in [0.4, 0.5) is 5.69 Å². The number of aryl methyl sites for hydroxylation is 1. The molecule has 0 spiro atoms. The van der Waals surface area contributed by atoms with E-state index in [1.807, 2.05) is 48.5 Å². The summed E-state index contributed by atoms with van der Waals surface area (Å²) < 4.78 is 0. The largest absolute Gasteiger partial charge is 0.389 e. The highest BCUT2D eigenvalue weighted by atomic mass is 32.1. The number of hydrogen-bond acceptors (Lipinski definition) is 3. The van der Waals surface area contributed by atoms with Gasteiger partial charge in [0.25, 0.3) is 0 Å². The molecule has 0 heterocycles. The maximum Gasteiger partial charge on any atom is 0.103 e. The molecule has 19 heavy (non-hydrogen) atoms. The van der Waals surface area contributed by atoms with Crippen molar-refractivity contribution in [3.05, 3.63) is 65.2 Å². The predicted octanol–water partition coefficient (Wildman–Crippen LogP) is 3.08. The highest BCUT2D eigenvalue weighted by molar-refractivity contribution is 7.80. The van der Waals surface area contributed by atoms with Crippen molar-refractivity contribution < 1.29 is 0 Å². The Balaban J connectivity index is 1.98. The molecular weight excluding hydrogens is 254 g/mol. The van der Waals surface area contributed by atoms with Gasteiger partial charge >= 0.3 is 0 Å². The molecule has 3 nitrogen and oxygen atoms in total. The van der Waals surface area contributed by atoms with Crippen LogP contribution in [-0.4, -0.2) is 11.2 Å². The maximum absolute atomic E-state index is 5.54. The Morgan fingerprint density at radius 2 is 1.74 bits per heavy atom. The van der Waals surface area contributed by atoms with E-state index in [9.17, 15) is 0 Å². The SMILES string of the molecule is Cc1ccc(N/N=C/c2ccc(C(N)=S)cc2)cc1. The molecular formula is C15H15N3S. The molecule has 2 aromatic rings. The molecule has 2 rings (SSSR count). The average Bonchev–Trinajstić information content (AvgIpc) is 2.41. The fourth-order valence-electron chi connectivity index (χ4n) is 1.54. The molecule has 2 aromatic carbocycles. The van der Waals surface area contributed by atoms with Crippen molar-refractivity contribution in [2.75, 3.05) is 5.43 Å². The van der Waals surface area contributed by atoms with Gasteiger partial charge in [-0.2, -0.15) is 5.10 Å². The Kier molecular flexibility index (Phi) is 4.26. The number of thiocarbonyl (C=S) groups is 1. The minimum absolute atomic E-state index is 0.404. The van der Waals surface area contributed by atoms with E-state index in [1.54, 1.807) is 6.21 Å². The summed E-state index contributed by atoms with van der Waals surface area (Å²) in [6.07, 6.45) is 1.75. The Bertz CT molecular complexity index is 586. The fraction of sp³-hybridized carbons (Fsp3) is 0.0667. The normalized spacial score (nSPS) is 10.6. The van der Waals surface area contributed by atoms with E-state index in [-0.39, 0.29) is 0 Å². The maximum atomic E-state index is 5.54. The smallest absolute Gasteiger partial charge is 0.103 e. The van der Waals surface area contributed by atoms with E-state index in [0.29, 0.717) is 4.99 Å². The lowest BCUT2D eigenvalue weighted by Crippen LogP contribution is -2.08. The third-order valence-electron chi connectivity index (χ3n) is 2.65. The fourth-order valence-corrected chi connectivity index (χ4v) is 1.68. The molecule has 0 aliphatic carbocycles. The molecule has 0 amide bonds. The van der Waals surface area contributed by atoms with Gasteiger partial charge in [0.2, 0.25) is 0 Å². The van der Waals surface area contributed by atoms with Crippen LogP contribution >= 0.6 is 12.2 Å². The molecule has 0 aliphatic heterocycles. The van der Waals surface area contributed by atoms with Gasteiger partial charge in [-0.05, 0) is 24.6 Å². The van der Waals surface area contributed by atoms with Gasteiger partial charge in [-0.3, -0.25) is 5.43 Å². The van der Waals surface area contributed by atoms with Crippen LogP contribution in [0.3, 0.4) is 0 Å². The average molecular weight is 269 g/mol. The summed E-state index contributed by atoms with van der Waals surface area (Å²) in [5.41, 5.74) is 12.5. The molecule has 0 unspecified atom stereocenters. The Labute approximate surface area is 118 Å². The van der Waals surface area contributed by atoms with Crippen LogP contribution in [-0.2, 0) is 0 Å². The molecule has 0 aliphatic rings. The third kappa shape index (κ3) is 3.89. The Morgan fingerprint density at radius 1 is 1.11 bits per heavy atom. The number of anilines is 1. The number of hydrazone groups is 1.